The number of benzene rings is 3. The van der Waals surface area contributed by atoms with Crippen LogP contribution in [0.4, 0.5) is 30.6 Å². The minimum absolute atomic E-state index is 0.0265. The van der Waals surface area contributed by atoms with Gasteiger partial charge in [0.15, 0.2) is 66.4 Å². The third kappa shape index (κ3) is 17.5. The Balaban J connectivity index is 0.000000173. The average Bonchev–Trinajstić information content (AvgIpc) is 1.51. The molecule has 0 radical (unpaired) electrons. The Labute approximate surface area is 672 Å². The number of aromatic nitrogens is 15. The van der Waals surface area contributed by atoms with Gasteiger partial charge in [-0.1, -0.05) is 108 Å². The highest BCUT2D eigenvalue weighted by Crippen LogP contribution is 2.48. The normalized spacial score (nSPS) is 35.5. The summed E-state index contributed by atoms with van der Waals surface area (Å²) in [6.07, 6.45) is -19.9. The second-order valence-electron chi connectivity index (χ2n) is 25.0. The molecular weight excluding hydrogens is 1460 g/mol. The van der Waals surface area contributed by atoms with Crippen molar-refractivity contribution in [3.8, 4) is 0 Å². The first-order valence-electron chi connectivity index (χ1n) is 47.9. The van der Waals surface area contributed by atoms with Crippen molar-refractivity contribution >= 4 is 86.2 Å². The van der Waals surface area contributed by atoms with E-state index in [9.17, 15) is 54.0 Å². The summed E-state index contributed by atoms with van der Waals surface area (Å²) in [5.41, 5.74) is -8.46. The van der Waals surface area contributed by atoms with Gasteiger partial charge in [-0.2, -0.15) is 0 Å². The average molecular weight is 1580 g/mol. The van der Waals surface area contributed by atoms with Gasteiger partial charge in [0.1, 0.15) is 54.1 Å². The zero-order chi connectivity index (χ0) is 101. The Morgan fingerprint density at radius 1 is 0.481 bits per heavy atom. The van der Waals surface area contributed by atoms with Gasteiger partial charge in [-0.25, -0.2) is 57.1 Å². The molecule has 0 aliphatic heterocycles. The number of nitrogens with one attached hydrogen (secondary N) is 3. The smallest absolute Gasteiger partial charge is 0.191 e. The second kappa shape index (κ2) is 35.1. The van der Waals surface area contributed by atoms with Gasteiger partial charge in [-0.3, -0.25) is 0 Å². The van der Waals surface area contributed by atoms with Crippen LogP contribution in [0.3, 0.4) is 0 Å². The molecule has 582 valence electrons. The van der Waals surface area contributed by atoms with Crippen LogP contribution in [0.15, 0.2) is 69.9 Å². The SMILES string of the molecule is [2H]c1c([2H])c([C@@H]2C([2H])([2H])[C@@]2([2H])Nc2nc(SC([2H])([2H])CC)nc3c2nnn3[C@@H]2C[C@H](OC([2H])([2H])CO)[C@@H](O)[C@H]2O)c([2H])c(F)c1C.[2H]c1c([2H])c([C@@H]2C([2H])([2H])[C@@]2([2H])Nc2nc(SC([2H])([2H])CC)nc3c2nnn3[C@@H]2C[C@H](OCC([2H])([2H])O)[C@@H](O)[C@H]2O)c([2H])c(F)c1C.[2H]c1c([2H])c([C@@H]2C([2H])([2H])[C@@]2([2H])Nc2nc(SC([2H])([2H])CC)nc3c2nnn3[C@@H]2C[C@H](OCCO)[C@@H](O)[C@H]2O)c([2H])c(F)c1C. The third-order valence-corrected chi connectivity index (χ3v) is 20.1. The summed E-state index contributed by atoms with van der Waals surface area (Å²) < 4.78 is 295. The van der Waals surface area contributed by atoms with Crippen molar-refractivity contribution < 1.29 is 112 Å². The third-order valence-electron chi connectivity index (χ3n) is 17.7. The topological polar surface area (TPSA) is 415 Å². The first-order chi connectivity index (χ1) is 62.9. The lowest BCUT2D eigenvalue weighted by Crippen LogP contribution is -2.33. The van der Waals surface area contributed by atoms with E-state index in [0.29, 0.717) is 35.3 Å². The van der Waals surface area contributed by atoms with Crippen LogP contribution in [0, 0.1) is 38.2 Å². The van der Waals surface area contributed by atoms with Crippen molar-refractivity contribution in [3.63, 3.8) is 0 Å². The van der Waals surface area contributed by atoms with Crippen molar-refractivity contribution in [1.82, 2.24) is 74.9 Å². The van der Waals surface area contributed by atoms with Gasteiger partial charge >= 0.3 is 0 Å². The maximum Gasteiger partial charge on any atom is 0.191 e. The van der Waals surface area contributed by atoms with Crippen molar-refractivity contribution in [2.24, 2.45) is 0 Å². The molecule has 108 heavy (non-hydrogen) atoms. The van der Waals surface area contributed by atoms with Crippen LogP contribution in [0.1, 0.15) is 186 Å². The Morgan fingerprint density at radius 2 is 0.806 bits per heavy atom. The number of aliphatic hydroxyl groups is 9. The lowest BCUT2D eigenvalue weighted by atomic mass is 10.1. The molecule has 3 aromatic carbocycles. The number of rotatable bonds is 30. The fourth-order valence-corrected chi connectivity index (χ4v) is 13.6. The highest BCUT2D eigenvalue weighted by Gasteiger charge is 2.49. The van der Waals surface area contributed by atoms with Crippen LogP contribution < -0.4 is 16.0 Å². The number of halogens is 3. The van der Waals surface area contributed by atoms with Crippen LogP contribution in [-0.2, 0) is 14.2 Å². The molecule has 6 aromatic heterocycles. The Morgan fingerprint density at radius 3 is 1.11 bits per heavy atom. The summed E-state index contributed by atoms with van der Waals surface area (Å²) in [4.78, 5) is 26.0. The number of thioether (sulfide) groups is 3. The van der Waals surface area contributed by atoms with Crippen LogP contribution in [0.2, 0.25) is 0 Å². The number of nitrogens with zero attached hydrogens (tertiary/aromatic N) is 15. The van der Waals surface area contributed by atoms with Crippen LogP contribution in [-0.4, -0.2) is 250 Å². The number of hydrogen-bond acceptors (Lipinski definition) is 30. The molecule has 0 bridgehead atoms. The molecule has 18 atom stereocenters. The molecule has 6 aliphatic rings. The van der Waals surface area contributed by atoms with E-state index >= 15 is 0 Å². The van der Waals surface area contributed by atoms with Crippen LogP contribution in [0.5, 0.6) is 0 Å². The van der Waals surface area contributed by atoms with Gasteiger partial charge in [0.05, 0.1) is 97.9 Å². The van der Waals surface area contributed by atoms with Gasteiger partial charge in [0.2, 0.25) is 0 Å². The van der Waals surface area contributed by atoms with Gasteiger partial charge in [0, 0.05) is 88.6 Å². The van der Waals surface area contributed by atoms with Crippen molar-refractivity contribution in [2.45, 2.75) is 224 Å². The standard InChI is InChI=1S/3C24H31FN6O4S/c3*1-3-8-36-24-27-22(26-16-10-14(16)13-5-4-12(2)15(25)9-13)19-23(28-24)31(30-29-19)17-11-18(35-7-6-32)21(34)20(17)33/h3*4-5,9,14,16-18,20-21,32-34H,3,6-8,10-11H2,1-2H3,(H,26,27,28)/t3*14-,16+,17+,18-,20-,21+/m000/s1/i4D,5D,7D2,8D2,9D,10D2,16D;4D,5D,6D2,8D2,9D,10D2,16D;4D,5D,8D2,9D,10D2,16D. The van der Waals surface area contributed by atoms with Crippen LogP contribution in [0.25, 0.3) is 33.5 Å². The summed E-state index contributed by atoms with van der Waals surface area (Å²) in [5.74, 6) is -8.92. The number of anilines is 3. The van der Waals surface area contributed by atoms with E-state index in [-0.39, 0.29) is 135 Å². The minimum atomic E-state index is -2.70. The maximum absolute atomic E-state index is 14.8. The highest BCUT2D eigenvalue weighted by atomic mass is 32.2. The van der Waals surface area contributed by atoms with Gasteiger partial charge in [0.25, 0.3) is 0 Å². The molecule has 36 heteroatoms. The zero-order valence-corrected chi connectivity index (χ0v) is 60.5. The molecule has 6 aliphatic carbocycles. The summed E-state index contributed by atoms with van der Waals surface area (Å²) in [6.45, 7) is 1.03. The molecule has 6 fully saturated rings. The highest BCUT2D eigenvalue weighted by molar-refractivity contribution is 7.99. The van der Waals surface area contributed by atoms with E-state index in [4.69, 9.17) is 57.7 Å². The lowest BCUT2D eigenvalue weighted by molar-refractivity contribution is -0.0629. The van der Waals surface area contributed by atoms with Crippen molar-refractivity contribution in [1.29, 1.82) is 0 Å². The summed E-state index contributed by atoms with van der Waals surface area (Å²) in [6, 6.07) is -16.0. The molecular formula is C72H93F3N18O12S3. The molecule has 0 unspecified atom stereocenters. The number of aliphatic hydroxyl groups excluding tert-OH is 8. The minimum Gasteiger partial charge on any atom is -0.394 e. The first-order valence-corrected chi connectivity index (χ1v) is 36.3. The predicted octanol–water partition coefficient (Wildman–Crippen LogP) is 6.55. The molecule has 9 aromatic rings. The summed E-state index contributed by atoms with van der Waals surface area (Å²) in [5, 5.41) is 124. The molecule has 0 saturated heterocycles. The van der Waals surface area contributed by atoms with E-state index < -0.39 is 260 Å². The van der Waals surface area contributed by atoms with E-state index in [2.05, 4.69) is 76.8 Å². The summed E-state index contributed by atoms with van der Waals surface area (Å²) >= 11 is 1.84. The van der Waals surface area contributed by atoms with Gasteiger partial charge in [-0.05, 0) is 111 Å². The number of ether oxygens (including phenoxy) is 3. The van der Waals surface area contributed by atoms with Gasteiger partial charge in [-0.15, -0.1) is 15.3 Å². The first kappa shape index (κ1) is 50.7. The molecule has 30 nitrogen and oxygen atoms in total. The van der Waals surface area contributed by atoms with Gasteiger partial charge < -0.3 is 76.1 Å². The maximum atomic E-state index is 14.8. The Hall–Kier alpha value is -7.14. The van der Waals surface area contributed by atoms with E-state index in [1.807, 2.05) is 0 Å². The Bertz CT molecular complexity index is 6020. The molecule has 12 N–H and O–H groups in total. The zero-order valence-electron chi connectivity index (χ0n) is 86.0. The summed E-state index contributed by atoms with van der Waals surface area (Å²) in [7, 11) is 0. The molecule has 6 saturated carbocycles. The molecule has 15 rings (SSSR count). The number of fused-ring (bicyclic) bond motifs is 3. The second-order valence-corrected chi connectivity index (χ2v) is 27.5. The van der Waals surface area contributed by atoms with Crippen molar-refractivity contribution in [2.75, 3.05) is 72.6 Å². The van der Waals surface area contributed by atoms with E-state index in [1.165, 1.54) is 25.5 Å². The predicted molar refractivity (Wildman–Crippen MR) is 398 cm³/mol. The monoisotopic (exact) mass is 1580 g/mol. The van der Waals surface area contributed by atoms with E-state index in [0.717, 1.165) is 9.36 Å². The number of hydrogen-bond donors (Lipinski definition) is 12. The van der Waals surface area contributed by atoms with Crippen molar-refractivity contribution in [3.05, 3.63) is 105 Å². The quantitative estimate of drug-likeness (QED) is 0.0168. The van der Waals surface area contributed by atoms with Crippen LogP contribution >= 0.6 is 35.3 Å². The fraction of sp³-hybridized carbons (Fsp3) is 0.583. The lowest BCUT2D eigenvalue weighted by Gasteiger charge is -2.17. The Kier molecular flexibility index (Phi) is 16.5. The fourth-order valence-electron chi connectivity index (χ4n) is 12.0. The largest absolute Gasteiger partial charge is 0.394 e. The molecule has 6 heterocycles. The molecule has 0 spiro atoms. The molecule has 0 amide bonds. The van der Waals surface area contributed by atoms with E-state index in [1.54, 1.807) is 20.8 Å².